The van der Waals surface area contributed by atoms with Gasteiger partial charge < -0.3 is 4.90 Å². The summed E-state index contributed by atoms with van der Waals surface area (Å²) < 4.78 is 67.4. The van der Waals surface area contributed by atoms with Crippen LogP contribution in [0.1, 0.15) is 37.8 Å². The molecule has 1 saturated carbocycles. The van der Waals surface area contributed by atoms with E-state index in [4.69, 9.17) is 0 Å². The van der Waals surface area contributed by atoms with E-state index in [1.165, 1.54) is 13.5 Å². The van der Waals surface area contributed by atoms with Crippen LogP contribution in [-0.2, 0) is 27.7 Å². The summed E-state index contributed by atoms with van der Waals surface area (Å²) >= 11 is 0. The summed E-state index contributed by atoms with van der Waals surface area (Å²) in [6, 6.07) is 0.829. The van der Waals surface area contributed by atoms with Crippen molar-refractivity contribution >= 4 is 16.1 Å². The molecule has 0 radical (unpaired) electrons. The van der Waals surface area contributed by atoms with Gasteiger partial charge in [-0.05, 0) is 18.9 Å². The molecular formula is C17H26F3N5O3S. The largest absolute Gasteiger partial charge is 0.435 e. The molecule has 0 unspecified atom stereocenters. The van der Waals surface area contributed by atoms with Gasteiger partial charge in [0.1, 0.15) is 6.54 Å². The fourth-order valence-electron chi connectivity index (χ4n) is 3.82. The molecule has 2 aliphatic rings. The Labute approximate surface area is 168 Å². The Hall–Kier alpha value is -1.66. The molecule has 0 N–H and O–H groups in total. The highest BCUT2D eigenvalue weighted by Gasteiger charge is 2.36. The van der Waals surface area contributed by atoms with Crippen LogP contribution in [0, 0.1) is 0 Å². The van der Waals surface area contributed by atoms with Gasteiger partial charge in [-0.2, -0.15) is 35.3 Å². The maximum atomic E-state index is 12.9. The molecule has 1 saturated heterocycles. The van der Waals surface area contributed by atoms with Gasteiger partial charge in [0.05, 0.1) is 0 Å². The van der Waals surface area contributed by atoms with Crippen molar-refractivity contribution in [2.24, 2.45) is 0 Å². The highest BCUT2D eigenvalue weighted by atomic mass is 32.2. The third-order valence-electron chi connectivity index (χ3n) is 5.60. The predicted molar refractivity (Wildman–Crippen MR) is 98.9 cm³/mol. The van der Waals surface area contributed by atoms with Crippen molar-refractivity contribution in [1.82, 2.24) is 23.3 Å². The minimum Gasteiger partial charge on any atom is -0.338 e. The quantitative estimate of drug-likeness (QED) is 0.700. The summed E-state index contributed by atoms with van der Waals surface area (Å²) in [5, 5.41) is 3.38. The lowest BCUT2D eigenvalue weighted by atomic mass is 9.96. The van der Waals surface area contributed by atoms with Gasteiger partial charge in [-0.15, -0.1) is 0 Å². The van der Waals surface area contributed by atoms with E-state index in [1.54, 1.807) is 7.05 Å². The molecule has 0 bridgehead atoms. The van der Waals surface area contributed by atoms with Crippen LogP contribution >= 0.6 is 0 Å². The van der Waals surface area contributed by atoms with Crippen molar-refractivity contribution in [3.63, 3.8) is 0 Å². The highest BCUT2D eigenvalue weighted by molar-refractivity contribution is 7.86. The van der Waals surface area contributed by atoms with Gasteiger partial charge >= 0.3 is 6.18 Å². The molecule has 164 valence electrons. The number of hydrogen-bond donors (Lipinski definition) is 0. The van der Waals surface area contributed by atoms with Gasteiger partial charge in [0.15, 0.2) is 5.69 Å². The number of rotatable bonds is 5. The zero-order valence-electron chi connectivity index (χ0n) is 16.3. The van der Waals surface area contributed by atoms with Crippen molar-refractivity contribution in [3.05, 3.63) is 18.0 Å². The van der Waals surface area contributed by atoms with E-state index in [2.05, 4.69) is 5.10 Å². The summed E-state index contributed by atoms with van der Waals surface area (Å²) in [5.41, 5.74) is -1.05. The number of carbonyl (C=O) groups excluding carboxylic acids is 1. The summed E-state index contributed by atoms with van der Waals surface area (Å²) in [4.78, 5) is 13.8. The lowest BCUT2D eigenvalue weighted by molar-refractivity contribution is -0.142. The Kier molecular flexibility index (Phi) is 6.54. The average molecular weight is 437 g/mol. The van der Waals surface area contributed by atoms with Crippen LogP contribution in [0.3, 0.4) is 0 Å². The molecule has 0 aromatic carbocycles. The molecule has 1 aliphatic carbocycles. The fourth-order valence-corrected chi connectivity index (χ4v) is 5.40. The third-order valence-corrected chi connectivity index (χ3v) is 7.64. The lowest BCUT2D eigenvalue weighted by Crippen LogP contribution is -2.55. The number of carbonyl (C=O) groups is 1. The van der Waals surface area contributed by atoms with E-state index in [-0.39, 0.29) is 44.7 Å². The number of piperazine rings is 1. The zero-order chi connectivity index (χ0) is 21.2. The standard InChI is InChI=1S/C17H26F3N5O3S/c1-22(14-5-3-2-4-6-14)29(27,28)25-11-9-23(10-12-25)16(26)13-24-8-7-15(21-24)17(18,19)20/h7-8,14H,2-6,9-13H2,1H3. The molecule has 1 aromatic rings. The Morgan fingerprint density at radius 2 is 1.79 bits per heavy atom. The Balaban J connectivity index is 1.54. The fraction of sp³-hybridized carbons (Fsp3) is 0.765. The zero-order valence-corrected chi connectivity index (χ0v) is 17.1. The molecule has 0 atom stereocenters. The van der Waals surface area contributed by atoms with Crippen LogP contribution in [0.15, 0.2) is 12.3 Å². The first-order valence-electron chi connectivity index (χ1n) is 9.70. The van der Waals surface area contributed by atoms with Crippen LogP contribution < -0.4 is 0 Å². The summed E-state index contributed by atoms with van der Waals surface area (Å²) in [5.74, 6) is -0.389. The molecule has 12 heteroatoms. The van der Waals surface area contributed by atoms with Crippen molar-refractivity contribution in [1.29, 1.82) is 0 Å². The second kappa shape index (κ2) is 8.60. The molecule has 29 heavy (non-hydrogen) atoms. The molecular weight excluding hydrogens is 411 g/mol. The minimum absolute atomic E-state index is 0.0102. The Bertz CT molecular complexity index is 813. The first kappa shape index (κ1) is 22.0. The van der Waals surface area contributed by atoms with Crippen LogP contribution in [0.2, 0.25) is 0 Å². The lowest BCUT2D eigenvalue weighted by Gasteiger charge is -2.38. The molecule has 1 aromatic heterocycles. The highest BCUT2D eigenvalue weighted by Crippen LogP contribution is 2.27. The number of alkyl halides is 3. The SMILES string of the molecule is CN(C1CCCCC1)S(=O)(=O)N1CCN(C(=O)Cn2ccc(C(F)(F)F)n2)CC1. The van der Waals surface area contributed by atoms with Crippen molar-refractivity contribution in [2.45, 2.75) is 50.9 Å². The van der Waals surface area contributed by atoms with Gasteiger partial charge in [0.25, 0.3) is 10.2 Å². The minimum atomic E-state index is -4.56. The van der Waals surface area contributed by atoms with Crippen molar-refractivity contribution in [3.8, 4) is 0 Å². The number of amides is 1. The second-order valence-electron chi connectivity index (χ2n) is 7.49. The van der Waals surface area contributed by atoms with E-state index in [0.717, 1.165) is 49.0 Å². The van der Waals surface area contributed by atoms with E-state index in [1.807, 2.05) is 0 Å². The first-order valence-corrected chi connectivity index (χ1v) is 11.1. The van der Waals surface area contributed by atoms with Crippen LogP contribution in [-0.4, -0.2) is 76.9 Å². The summed E-state index contributed by atoms with van der Waals surface area (Å²) in [6.07, 6.45) is 1.45. The third kappa shape index (κ3) is 5.10. The van der Waals surface area contributed by atoms with E-state index in [0.29, 0.717) is 0 Å². The second-order valence-corrected chi connectivity index (χ2v) is 9.48. The maximum Gasteiger partial charge on any atom is 0.435 e. The monoisotopic (exact) mass is 437 g/mol. The average Bonchev–Trinajstić information content (AvgIpc) is 3.17. The van der Waals surface area contributed by atoms with Gasteiger partial charge in [-0.25, -0.2) is 0 Å². The molecule has 0 spiro atoms. The molecule has 1 amide bonds. The topological polar surface area (TPSA) is 78.8 Å². The van der Waals surface area contributed by atoms with Crippen LogP contribution in [0.25, 0.3) is 0 Å². The van der Waals surface area contributed by atoms with Gasteiger partial charge in [-0.1, -0.05) is 19.3 Å². The Morgan fingerprint density at radius 1 is 1.17 bits per heavy atom. The van der Waals surface area contributed by atoms with E-state index in [9.17, 15) is 26.4 Å². The number of nitrogens with zero attached hydrogens (tertiary/aromatic N) is 5. The molecule has 1 aliphatic heterocycles. The molecule has 8 nitrogen and oxygen atoms in total. The van der Waals surface area contributed by atoms with E-state index < -0.39 is 22.1 Å². The summed E-state index contributed by atoms with van der Waals surface area (Å²) in [6.45, 7) is 0.412. The predicted octanol–water partition coefficient (Wildman–Crippen LogP) is 1.56. The number of halogens is 3. The first-order chi connectivity index (χ1) is 13.6. The Morgan fingerprint density at radius 3 is 2.34 bits per heavy atom. The smallest absolute Gasteiger partial charge is 0.338 e. The van der Waals surface area contributed by atoms with Gasteiger partial charge in [-0.3, -0.25) is 9.48 Å². The van der Waals surface area contributed by atoms with Gasteiger partial charge in [0.2, 0.25) is 5.91 Å². The number of hydrogen-bond acceptors (Lipinski definition) is 4. The van der Waals surface area contributed by atoms with Crippen LogP contribution in [0.4, 0.5) is 13.2 Å². The van der Waals surface area contributed by atoms with E-state index >= 15 is 0 Å². The van der Waals surface area contributed by atoms with Crippen LogP contribution in [0.5, 0.6) is 0 Å². The molecule has 2 heterocycles. The molecule has 2 fully saturated rings. The van der Waals surface area contributed by atoms with Gasteiger partial charge in [0, 0.05) is 45.5 Å². The summed E-state index contributed by atoms with van der Waals surface area (Å²) in [7, 11) is -1.99. The maximum absolute atomic E-state index is 12.9. The van der Waals surface area contributed by atoms with Crippen molar-refractivity contribution < 1.29 is 26.4 Å². The van der Waals surface area contributed by atoms with Crippen molar-refractivity contribution in [2.75, 3.05) is 33.2 Å². The normalized spacial score (nSPS) is 20.4. The number of aromatic nitrogens is 2. The molecule has 3 rings (SSSR count).